The Kier molecular flexibility index (Phi) is 8.49. The van der Waals surface area contributed by atoms with Crippen molar-refractivity contribution in [3.05, 3.63) is 81.0 Å². The molecule has 1 aliphatic heterocycles. The molecule has 0 bridgehead atoms. The lowest BCUT2D eigenvalue weighted by molar-refractivity contribution is -0.130. The zero-order chi connectivity index (χ0) is 26.6. The number of thioether (sulfide) groups is 1. The van der Waals surface area contributed by atoms with E-state index in [1.165, 1.54) is 18.3 Å². The van der Waals surface area contributed by atoms with Crippen LogP contribution in [-0.2, 0) is 9.59 Å². The van der Waals surface area contributed by atoms with Gasteiger partial charge in [-0.15, -0.1) is 11.3 Å². The van der Waals surface area contributed by atoms with Gasteiger partial charge in [-0.1, -0.05) is 52.0 Å². The highest BCUT2D eigenvalue weighted by atomic mass is 79.9. The van der Waals surface area contributed by atoms with E-state index < -0.39 is 29.4 Å². The Balaban J connectivity index is 1.60. The van der Waals surface area contributed by atoms with Crippen molar-refractivity contribution in [2.75, 3.05) is 16.4 Å². The third-order valence-electron chi connectivity index (χ3n) is 6.09. The number of para-hydroxylation sites is 1. The number of hydrogen-bond acceptors (Lipinski definition) is 7. The van der Waals surface area contributed by atoms with Gasteiger partial charge < -0.3 is 15.7 Å². The summed E-state index contributed by atoms with van der Waals surface area (Å²) in [6.45, 7) is 3.36. The van der Waals surface area contributed by atoms with Crippen LogP contribution in [0.1, 0.15) is 23.3 Å². The van der Waals surface area contributed by atoms with Gasteiger partial charge in [0.05, 0.1) is 22.8 Å². The Morgan fingerprint density at radius 3 is 2.54 bits per heavy atom. The molecule has 7 nitrogen and oxygen atoms in total. The number of halogens is 1. The summed E-state index contributed by atoms with van der Waals surface area (Å²) in [7, 11) is 0. The van der Waals surface area contributed by atoms with Crippen molar-refractivity contribution >= 4 is 67.3 Å². The van der Waals surface area contributed by atoms with Crippen molar-refractivity contribution in [2.45, 2.75) is 25.5 Å². The van der Waals surface area contributed by atoms with Gasteiger partial charge in [0, 0.05) is 26.6 Å². The largest absolute Gasteiger partial charge is 0.369 e. The molecule has 2 heterocycles. The Morgan fingerprint density at radius 1 is 1.16 bits per heavy atom. The summed E-state index contributed by atoms with van der Waals surface area (Å²) in [6, 6.07) is 20.6. The highest BCUT2D eigenvalue weighted by molar-refractivity contribution is 9.10. The second kappa shape index (κ2) is 11.6. The number of rotatable bonds is 6. The zero-order valence-electron chi connectivity index (χ0n) is 20.1. The number of aliphatic imine (C=N–C) groups is 1. The van der Waals surface area contributed by atoms with E-state index in [0.717, 1.165) is 26.7 Å². The summed E-state index contributed by atoms with van der Waals surface area (Å²) in [5, 5.41) is 29.6. The van der Waals surface area contributed by atoms with Gasteiger partial charge in [0.25, 0.3) is 0 Å². The van der Waals surface area contributed by atoms with Crippen molar-refractivity contribution in [2.24, 2.45) is 16.8 Å². The molecule has 2 aromatic carbocycles. The standard InChI is InChI=1S/C27H25BrN4O3S2/c1-16-6-3-4-7-20(16)31-25(34)24-23(21-8-5-13-36-21)19(14-29)26(32-27(24,2)35)37-15-22(33)30-18-11-9-17(28)10-12-18/h3-13,19,23-24,35H,15H2,1-2H3,(H,30,33)(H,31,34). The lowest BCUT2D eigenvalue weighted by atomic mass is 9.73. The van der Waals surface area contributed by atoms with Crippen LogP contribution in [0.4, 0.5) is 11.4 Å². The number of hydrogen-bond donors (Lipinski definition) is 3. The third-order valence-corrected chi connectivity index (χ3v) is 8.64. The SMILES string of the molecule is Cc1ccccc1NC(=O)C1C(c2cccs2)C(C#N)C(SCC(=O)Nc2ccc(Br)cc2)=NC1(C)O. The minimum absolute atomic E-state index is 0.000388. The summed E-state index contributed by atoms with van der Waals surface area (Å²) in [6.07, 6.45) is 0. The monoisotopic (exact) mass is 596 g/mol. The summed E-state index contributed by atoms with van der Waals surface area (Å²) in [5.74, 6) is -3.15. The summed E-state index contributed by atoms with van der Waals surface area (Å²) in [5.41, 5.74) is 0.370. The predicted molar refractivity (Wildman–Crippen MR) is 153 cm³/mol. The van der Waals surface area contributed by atoms with Crippen LogP contribution in [0.2, 0.25) is 0 Å². The second-order valence-electron chi connectivity index (χ2n) is 8.82. The van der Waals surface area contributed by atoms with Crippen LogP contribution in [-0.4, -0.2) is 33.4 Å². The number of anilines is 2. The molecule has 3 N–H and O–H groups in total. The van der Waals surface area contributed by atoms with Gasteiger partial charge in [-0.3, -0.25) is 9.59 Å². The fraction of sp³-hybridized carbons (Fsp3) is 0.259. The van der Waals surface area contributed by atoms with Gasteiger partial charge in [-0.2, -0.15) is 5.26 Å². The smallest absolute Gasteiger partial charge is 0.234 e. The molecule has 0 saturated carbocycles. The number of nitrogens with one attached hydrogen (secondary N) is 2. The maximum atomic E-state index is 13.6. The average molecular weight is 598 g/mol. The van der Waals surface area contributed by atoms with E-state index in [2.05, 4.69) is 37.6 Å². The first kappa shape index (κ1) is 27.1. The number of aliphatic hydroxyl groups is 1. The third kappa shape index (κ3) is 6.30. The van der Waals surface area contributed by atoms with Gasteiger partial charge in [0.1, 0.15) is 5.92 Å². The van der Waals surface area contributed by atoms with E-state index in [4.69, 9.17) is 0 Å². The van der Waals surface area contributed by atoms with Crippen molar-refractivity contribution in [3.63, 3.8) is 0 Å². The summed E-state index contributed by atoms with van der Waals surface area (Å²) >= 11 is 5.89. The van der Waals surface area contributed by atoms with E-state index >= 15 is 0 Å². The van der Waals surface area contributed by atoms with E-state index in [-0.39, 0.29) is 11.7 Å². The molecule has 4 unspecified atom stereocenters. The number of amides is 2. The molecule has 190 valence electrons. The maximum absolute atomic E-state index is 13.6. The van der Waals surface area contributed by atoms with E-state index in [0.29, 0.717) is 16.4 Å². The topological polar surface area (TPSA) is 115 Å². The van der Waals surface area contributed by atoms with E-state index in [1.807, 2.05) is 54.8 Å². The number of carbonyl (C=O) groups is 2. The lowest BCUT2D eigenvalue weighted by Crippen LogP contribution is -2.51. The Hall–Kier alpha value is -2.97. The number of benzene rings is 2. The number of carbonyl (C=O) groups excluding carboxylic acids is 2. The molecule has 0 aliphatic carbocycles. The fourth-order valence-corrected chi connectivity index (χ4v) is 6.46. The predicted octanol–water partition coefficient (Wildman–Crippen LogP) is 5.79. The average Bonchev–Trinajstić information content (AvgIpc) is 3.39. The Morgan fingerprint density at radius 2 is 1.89 bits per heavy atom. The highest BCUT2D eigenvalue weighted by Crippen LogP contribution is 2.47. The second-order valence-corrected chi connectivity index (χ2v) is 11.7. The molecule has 0 radical (unpaired) electrons. The first-order valence-corrected chi connectivity index (χ1v) is 14.2. The number of thiophene rings is 1. The minimum atomic E-state index is -1.79. The Bertz CT molecular complexity index is 1350. The van der Waals surface area contributed by atoms with Crippen molar-refractivity contribution in [3.8, 4) is 6.07 Å². The van der Waals surface area contributed by atoms with Crippen LogP contribution in [0.15, 0.2) is 75.5 Å². The Labute approximate surface area is 232 Å². The summed E-state index contributed by atoms with van der Waals surface area (Å²) < 4.78 is 0.899. The zero-order valence-corrected chi connectivity index (χ0v) is 23.4. The molecule has 2 amide bonds. The maximum Gasteiger partial charge on any atom is 0.234 e. The van der Waals surface area contributed by atoms with Gasteiger partial charge in [0.15, 0.2) is 5.72 Å². The normalized spacial score (nSPS) is 23.0. The molecular weight excluding hydrogens is 572 g/mol. The molecule has 10 heteroatoms. The quantitative estimate of drug-likeness (QED) is 0.333. The fourth-order valence-electron chi connectivity index (χ4n) is 4.32. The first-order valence-electron chi connectivity index (χ1n) is 11.5. The van der Waals surface area contributed by atoms with Crippen molar-refractivity contribution < 1.29 is 14.7 Å². The van der Waals surface area contributed by atoms with Crippen molar-refractivity contribution in [1.82, 2.24) is 0 Å². The van der Waals surface area contributed by atoms with Crippen LogP contribution in [0, 0.1) is 30.1 Å². The molecule has 0 spiro atoms. The molecule has 1 aliphatic rings. The van der Waals surface area contributed by atoms with Crippen LogP contribution in [0.25, 0.3) is 0 Å². The van der Waals surface area contributed by atoms with Gasteiger partial charge in [0.2, 0.25) is 11.8 Å². The van der Waals surface area contributed by atoms with Gasteiger partial charge in [-0.05, 0) is 61.2 Å². The lowest BCUT2D eigenvalue weighted by Gasteiger charge is -2.41. The molecule has 3 aromatic rings. The van der Waals surface area contributed by atoms with E-state index in [9.17, 15) is 20.0 Å². The minimum Gasteiger partial charge on any atom is -0.369 e. The van der Waals surface area contributed by atoms with E-state index in [1.54, 1.807) is 18.2 Å². The van der Waals surface area contributed by atoms with Gasteiger partial charge in [-0.25, -0.2) is 4.99 Å². The molecule has 0 saturated heterocycles. The number of aryl methyl sites for hydroxylation is 1. The first-order chi connectivity index (χ1) is 17.7. The molecule has 1 aromatic heterocycles. The van der Waals surface area contributed by atoms with Crippen LogP contribution in [0.3, 0.4) is 0 Å². The molecular formula is C27H25BrN4O3S2. The number of nitriles is 1. The molecule has 4 atom stereocenters. The number of nitrogens with zero attached hydrogens (tertiary/aromatic N) is 2. The van der Waals surface area contributed by atoms with Crippen molar-refractivity contribution in [1.29, 1.82) is 5.26 Å². The van der Waals surface area contributed by atoms with Crippen LogP contribution in [0.5, 0.6) is 0 Å². The molecule has 4 rings (SSSR count). The van der Waals surface area contributed by atoms with Gasteiger partial charge >= 0.3 is 0 Å². The van der Waals surface area contributed by atoms with Crippen LogP contribution < -0.4 is 10.6 Å². The summed E-state index contributed by atoms with van der Waals surface area (Å²) in [4.78, 5) is 31.4. The van der Waals surface area contributed by atoms with Crippen LogP contribution >= 0.6 is 39.0 Å². The highest BCUT2D eigenvalue weighted by Gasteiger charge is 2.52. The molecule has 37 heavy (non-hydrogen) atoms. The molecule has 0 fully saturated rings.